The molecule has 1 unspecified atom stereocenters. The van der Waals surface area contributed by atoms with Gasteiger partial charge in [-0.1, -0.05) is 5.16 Å². The molecule has 1 aliphatic carbocycles. The van der Waals surface area contributed by atoms with Crippen LogP contribution in [0.2, 0.25) is 0 Å². The number of carbonyl (C=O) groups is 1. The van der Waals surface area contributed by atoms with Crippen LogP contribution in [0.25, 0.3) is 0 Å². The van der Waals surface area contributed by atoms with Crippen LogP contribution < -0.4 is 4.74 Å². The first-order valence-corrected chi connectivity index (χ1v) is 10.6. The van der Waals surface area contributed by atoms with Crippen LogP contribution in [0.4, 0.5) is 0 Å². The fourth-order valence-corrected chi connectivity index (χ4v) is 4.59. The molecule has 5 heteroatoms. The average molecular weight is 400 g/mol. The van der Waals surface area contributed by atoms with Gasteiger partial charge in [0.05, 0.1) is 5.76 Å². The highest BCUT2D eigenvalue weighted by Crippen LogP contribution is 2.48. The lowest BCUT2D eigenvalue weighted by atomic mass is 9.77. The molecule has 1 aromatic carbocycles. The predicted octanol–water partition coefficient (Wildman–Crippen LogP) is 5.39. The maximum Gasteiger partial charge on any atom is 0.162 e. The van der Waals surface area contributed by atoms with Crippen molar-refractivity contribution in [1.29, 1.82) is 0 Å². The van der Waals surface area contributed by atoms with Gasteiger partial charge in [0.1, 0.15) is 18.0 Å². The van der Waals surface area contributed by atoms with E-state index in [9.17, 15) is 9.90 Å². The van der Waals surface area contributed by atoms with Crippen LogP contribution in [0, 0.1) is 20.8 Å². The van der Waals surface area contributed by atoms with E-state index in [4.69, 9.17) is 9.57 Å². The number of Topliss-reactive ketones (excluding diaryl/α,β-unsaturated/α-hetero) is 1. The lowest BCUT2D eigenvalue weighted by Crippen LogP contribution is -2.25. The molecular weight excluding hydrogens is 366 g/mol. The number of fused-ring (bicyclic) bond motifs is 1. The number of nitrogens with zero attached hydrogens (tertiary/aromatic N) is 1. The molecule has 0 aromatic heterocycles. The van der Waals surface area contributed by atoms with Crippen LogP contribution in [-0.4, -0.2) is 29.3 Å². The van der Waals surface area contributed by atoms with E-state index in [0.29, 0.717) is 37.9 Å². The summed E-state index contributed by atoms with van der Waals surface area (Å²) in [7, 11) is 0. The third kappa shape index (κ3) is 4.19. The SMILES string of the molecule is CCON=CCCC1=C(O)CC(c2c(C)c(C)c(C)c3c2OC(C)(C)C3)CC1=O. The molecule has 29 heavy (non-hydrogen) atoms. The first-order valence-electron chi connectivity index (χ1n) is 10.6. The Hall–Kier alpha value is -2.30. The zero-order chi connectivity index (χ0) is 21.3. The Kier molecular flexibility index (Phi) is 6.06. The van der Waals surface area contributed by atoms with Crippen molar-refractivity contribution < 1.29 is 19.5 Å². The second-order valence-electron chi connectivity index (χ2n) is 8.83. The van der Waals surface area contributed by atoms with E-state index in [-0.39, 0.29) is 23.1 Å². The van der Waals surface area contributed by atoms with Crippen molar-refractivity contribution in [3.8, 4) is 5.75 Å². The minimum atomic E-state index is -0.246. The molecule has 1 aliphatic heterocycles. The Balaban J connectivity index is 1.90. The molecule has 2 aliphatic rings. The number of hydrogen-bond acceptors (Lipinski definition) is 5. The molecule has 1 aromatic rings. The van der Waals surface area contributed by atoms with Crippen molar-refractivity contribution in [2.75, 3.05) is 6.61 Å². The summed E-state index contributed by atoms with van der Waals surface area (Å²) in [6.07, 6.45) is 4.46. The maximum absolute atomic E-state index is 12.9. The molecule has 0 radical (unpaired) electrons. The Morgan fingerprint density at radius 2 is 1.93 bits per heavy atom. The molecule has 0 fully saturated rings. The molecular formula is C24H33NO4. The van der Waals surface area contributed by atoms with Gasteiger partial charge in [-0.05, 0) is 71.1 Å². The fraction of sp³-hybridized carbons (Fsp3) is 0.583. The highest BCUT2D eigenvalue weighted by Gasteiger charge is 2.38. The van der Waals surface area contributed by atoms with Gasteiger partial charge >= 0.3 is 0 Å². The second-order valence-corrected chi connectivity index (χ2v) is 8.83. The molecule has 3 rings (SSSR count). The molecule has 0 spiro atoms. The topological polar surface area (TPSA) is 68.1 Å². The average Bonchev–Trinajstić information content (AvgIpc) is 2.97. The van der Waals surface area contributed by atoms with E-state index in [0.717, 1.165) is 17.7 Å². The van der Waals surface area contributed by atoms with Crippen molar-refractivity contribution in [2.24, 2.45) is 5.16 Å². The summed E-state index contributed by atoms with van der Waals surface area (Å²) in [5.41, 5.74) is 6.36. The van der Waals surface area contributed by atoms with Crippen molar-refractivity contribution in [3.05, 3.63) is 39.1 Å². The number of ketones is 1. The highest BCUT2D eigenvalue weighted by atomic mass is 16.6. The molecule has 0 saturated heterocycles. The summed E-state index contributed by atoms with van der Waals surface area (Å²) in [6, 6.07) is 0. The first kappa shape index (κ1) is 21.4. The molecule has 1 atom stereocenters. The van der Waals surface area contributed by atoms with Gasteiger partial charge in [0.2, 0.25) is 0 Å². The van der Waals surface area contributed by atoms with Crippen LogP contribution >= 0.6 is 0 Å². The number of ether oxygens (including phenoxy) is 1. The zero-order valence-electron chi connectivity index (χ0n) is 18.5. The standard InChI is InChI=1S/C24H33NO4/c1-7-28-25-10-8-9-18-20(26)11-17(12-21(18)27)22-16(4)14(2)15(3)19-13-24(5,6)29-23(19)22/h10,17,26H,7-9,11-13H2,1-6H3. The number of aliphatic hydroxyl groups excluding tert-OH is 1. The lowest BCUT2D eigenvalue weighted by Gasteiger charge is -2.28. The van der Waals surface area contributed by atoms with Crippen molar-refractivity contribution in [3.63, 3.8) is 0 Å². The van der Waals surface area contributed by atoms with Crippen LogP contribution in [0.1, 0.15) is 80.2 Å². The van der Waals surface area contributed by atoms with E-state index in [1.54, 1.807) is 6.21 Å². The summed E-state index contributed by atoms with van der Waals surface area (Å²) in [6.45, 7) is 13.0. The third-order valence-corrected chi connectivity index (χ3v) is 6.25. The van der Waals surface area contributed by atoms with Crippen LogP contribution in [-0.2, 0) is 16.1 Å². The molecule has 0 bridgehead atoms. The maximum atomic E-state index is 12.9. The number of oxime groups is 1. The monoisotopic (exact) mass is 399 g/mol. The summed E-state index contributed by atoms with van der Waals surface area (Å²) in [4.78, 5) is 17.8. The van der Waals surface area contributed by atoms with Crippen LogP contribution in [0.3, 0.4) is 0 Å². The van der Waals surface area contributed by atoms with Gasteiger partial charge in [-0.25, -0.2) is 0 Å². The van der Waals surface area contributed by atoms with E-state index in [1.807, 2.05) is 6.92 Å². The number of rotatable bonds is 6. The molecule has 0 saturated carbocycles. The largest absolute Gasteiger partial charge is 0.512 e. The summed E-state index contributed by atoms with van der Waals surface area (Å²) >= 11 is 0. The van der Waals surface area contributed by atoms with Crippen LogP contribution in [0.5, 0.6) is 5.75 Å². The van der Waals surface area contributed by atoms with Gasteiger partial charge in [-0.3, -0.25) is 4.79 Å². The lowest BCUT2D eigenvalue weighted by molar-refractivity contribution is -0.116. The summed E-state index contributed by atoms with van der Waals surface area (Å²) in [5, 5.41) is 14.5. The molecule has 158 valence electrons. The minimum Gasteiger partial charge on any atom is -0.512 e. The fourth-order valence-electron chi connectivity index (χ4n) is 4.59. The normalized spacial score (nSPS) is 20.9. The van der Waals surface area contributed by atoms with E-state index in [1.165, 1.54) is 22.3 Å². The van der Waals surface area contributed by atoms with Crippen LogP contribution in [0.15, 0.2) is 16.5 Å². The van der Waals surface area contributed by atoms with Gasteiger partial charge in [0.15, 0.2) is 5.78 Å². The Morgan fingerprint density at radius 1 is 1.21 bits per heavy atom. The Labute approximate surface area is 173 Å². The second kappa shape index (κ2) is 8.21. The number of benzene rings is 1. The van der Waals surface area contributed by atoms with E-state index >= 15 is 0 Å². The number of hydrogen-bond donors (Lipinski definition) is 1. The summed E-state index contributed by atoms with van der Waals surface area (Å²) in [5.74, 6) is 1.12. The van der Waals surface area contributed by atoms with Gasteiger partial charge in [0.25, 0.3) is 0 Å². The molecule has 1 heterocycles. The van der Waals surface area contributed by atoms with Gasteiger partial charge in [-0.15, -0.1) is 0 Å². The van der Waals surface area contributed by atoms with E-state index in [2.05, 4.69) is 39.8 Å². The molecule has 5 nitrogen and oxygen atoms in total. The predicted molar refractivity (Wildman–Crippen MR) is 115 cm³/mol. The first-order chi connectivity index (χ1) is 13.7. The van der Waals surface area contributed by atoms with E-state index < -0.39 is 0 Å². The smallest absolute Gasteiger partial charge is 0.162 e. The number of carbonyl (C=O) groups excluding carboxylic acids is 1. The summed E-state index contributed by atoms with van der Waals surface area (Å²) < 4.78 is 6.35. The Bertz CT molecular complexity index is 880. The molecule has 1 N–H and O–H groups in total. The highest BCUT2D eigenvalue weighted by molar-refractivity contribution is 5.97. The van der Waals surface area contributed by atoms with Gasteiger partial charge < -0.3 is 14.7 Å². The van der Waals surface area contributed by atoms with Crippen molar-refractivity contribution in [1.82, 2.24) is 0 Å². The van der Waals surface area contributed by atoms with Crippen molar-refractivity contribution >= 4 is 12.0 Å². The van der Waals surface area contributed by atoms with Crippen molar-refractivity contribution in [2.45, 2.75) is 85.2 Å². The van der Waals surface area contributed by atoms with Gasteiger partial charge in [-0.2, -0.15) is 0 Å². The third-order valence-electron chi connectivity index (χ3n) is 6.25. The molecule has 0 amide bonds. The zero-order valence-corrected chi connectivity index (χ0v) is 18.5. The van der Waals surface area contributed by atoms with Gasteiger partial charge in [0, 0.05) is 48.1 Å². The quantitative estimate of drug-likeness (QED) is 0.515. The Morgan fingerprint density at radius 3 is 2.59 bits per heavy atom. The number of aliphatic hydroxyl groups is 1. The minimum absolute atomic E-state index is 0.0206. The number of allylic oxidation sites excluding steroid dienone is 2.